The number of aryl methyl sites for hydroxylation is 1. The van der Waals surface area contributed by atoms with Crippen LogP contribution in [-0.2, 0) is 16.6 Å². The van der Waals surface area contributed by atoms with Crippen molar-refractivity contribution in [2.75, 3.05) is 7.11 Å². The molecule has 0 N–H and O–H groups in total. The third-order valence-corrected chi connectivity index (χ3v) is 8.21. The zero-order chi connectivity index (χ0) is 24.7. The van der Waals surface area contributed by atoms with Gasteiger partial charge in [0, 0.05) is 5.92 Å². The normalized spacial score (nSPS) is 23.4. The lowest BCUT2D eigenvalue weighted by molar-refractivity contribution is -0.634. The van der Waals surface area contributed by atoms with Gasteiger partial charge in [-0.15, -0.1) is 0 Å². The summed E-state index contributed by atoms with van der Waals surface area (Å²) in [6.45, 7) is 6.82. The number of benzene rings is 2. The molecule has 186 valence electrons. The molecule has 5 heteroatoms. The van der Waals surface area contributed by atoms with Crippen LogP contribution in [-0.4, -0.2) is 23.8 Å². The van der Waals surface area contributed by atoms with E-state index in [1.807, 2.05) is 12.1 Å². The molecule has 5 nitrogen and oxygen atoms in total. The maximum Gasteiger partial charge on any atom is 0.352 e. The zero-order valence-corrected chi connectivity index (χ0v) is 21.7. The summed E-state index contributed by atoms with van der Waals surface area (Å²) in [6.07, 6.45) is 5.47. The number of methoxy groups -OCH3 is 1. The Morgan fingerprint density at radius 3 is 2.40 bits per heavy atom. The minimum absolute atomic E-state index is 0.00696. The van der Waals surface area contributed by atoms with Gasteiger partial charge in [0.2, 0.25) is 6.04 Å². The molecule has 2 aliphatic rings. The molecule has 0 bridgehead atoms. The maximum absolute atomic E-state index is 14.0. The highest BCUT2D eigenvalue weighted by Crippen LogP contribution is 2.45. The van der Waals surface area contributed by atoms with Crippen molar-refractivity contribution in [3.63, 3.8) is 0 Å². The first-order valence-corrected chi connectivity index (χ1v) is 13.2. The van der Waals surface area contributed by atoms with Crippen molar-refractivity contribution in [1.82, 2.24) is 4.57 Å². The third-order valence-electron chi connectivity index (χ3n) is 8.21. The first-order chi connectivity index (χ1) is 16.9. The summed E-state index contributed by atoms with van der Waals surface area (Å²) >= 11 is 0. The van der Waals surface area contributed by atoms with Gasteiger partial charge in [0.15, 0.2) is 11.0 Å². The first kappa shape index (κ1) is 23.9. The Labute approximate surface area is 209 Å². The highest BCUT2D eigenvalue weighted by atomic mass is 16.5. The van der Waals surface area contributed by atoms with Gasteiger partial charge in [0.05, 0.1) is 19.7 Å². The van der Waals surface area contributed by atoms with E-state index in [0.717, 1.165) is 53.9 Å². The fourth-order valence-corrected chi connectivity index (χ4v) is 6.09. The van der Waals surface area contributed by atoms with E-state index in [0.29, 0.717) is 23.7 Å². The molecule has 0 radical (unpaired) electrons. The summed E-state index contributed by atoms with van der Waals surface area (Å²) < 4.78 is 16.3. The Hall–Kier alpha value is -2.82. The predicted molar refractivity (Wildman–Crippen MR) is 138 cm³/mol. The first-order valence-electron chi connectivity index (χ1n) is 13.2. The molecule has 2 fully saturated rings. The molecular weight excluding hydrogens is 436 g/mol. The Balaban J connectivity index is 1.58. The zero-order valence-electron chi connectivity index (χ0n) is 21.7. The molecule has 1 aromatic heterocycles. The lowest BCUT2D eigenvalue weighted by Gasteiger charge is -2.37. The molecule has 0 aliphatic heterocycles. The Bertz CT molecular complexity index is 1190. The van der Waals surface area contributed by atoms with Gasteiger partial charge in [-0.2, -0.15) is 0 Å². The summed E-state index contributed by atoms with van der Waals surface area (Å²) in [5.41, 5.74) is 3.25. The quantitative estimate of drug-likeness (QED) is 0.306. The van der Waals surface area contributed by atoms with Gasteiger partial charge in [-0.1, -0.05) is 39.3 Å². The largest absolute Gasteiger partial charge is 0.497 e. The molecule has 2 aromatic carbocycles. The number of carbonyl (C=O) groups excluding carboxylic acids is 1. The highest BCUT2D eigenvalue weighted by Gasteiger charge is 2.47. The molecule has 3 aromatic rings. The molecule has 4 atom stereocenters. The number of fused-ring (bicyclic) bond motifs is 1. The summed E-state index contributed by atoms with van der Waals surface area (Å²) in [6, 6.07) is 16.2. The monoisotopic (exact) mass is 475 g/mol. The van der Waals surface area contributed by atoms with E-state index < -0.39 is 0 Å². The van der Waals surface area contributed by atoms with Crippen molar-refractivity contribution in [2.45, 2.75) is 65.0 Å². The number of aromatic nitrogens is 2. The molecule has 0 amide bonds. The van der Waals surface area contributed by atoms with Crippen molar-refractivity contribution in [2.24, 2.45) is 30.7 Å². The molecule has 2 aliphatic carbocycles. The number of rotatable bonds is 7. The fourth-order valence-electron chi connectivity index (χ4n) is 6.09. The van der Waals surface area contributed by atoms with Gasteiger partial charge in [0.25, 0.3) is 5.82 Å². The van der Waals surface area contributed by atoms with Gasteiger partial charge >= 0.3 is 5.97 Å². The molecule has 2 saturated carbocycles. The van der Waals surface area contributed by atoms with Crippen LogP contribution in [0.15, 0.2) is 48.5 Å². The smallest absolute Gasteiger partial charge is 0.352 e. The molecule has 0 spiro atoms. The van der Waals surface area contributed by atoms with Crippen molar-refractivity contribution < 1.29 is 18.8 Å². The van der Waals surface area contributed by atoms with Crippen LogP contribution in [0.25, 0.3) is 22.4 Å². The number of carbonyl (C=O) groups is 1. The molecule has 1 heterocycles. The van der Waals surface area contributed by atoms with Crippen LogP contribution in [0.1, 0.15) is 58.9 Å². The average molecular weight is 476 g/mol. The summed E-state index contributed by atoms with van der Waals surface area (Å²) in [4.78, 5) is 14.0. The lowest BCUT2D eigenvalue weighted by atomic mass is 9.75. The number of hydrogen-bond donors (Lipinski definition) is 0. The van der Waals surface area contributed by atoms with Crippen LogP contribution in [0.5, 0.6) is 5.75 Å². The average Bonchev–Trinajstić information content (AvgIpc) is 3.64. The summed E-state index contributed by atoms with van der Waals surface area (Å²) in [5, 5.41) is 0. The van der Waals surface area contributed by atoms with E-state index in [1.54, 1.807) is 7.11 Å². The Morgan fingerprint density at radius 1 is 1.03 bits per heavy atom. The molecule has 1 unspecified atom stereocenters. The van der Waals surface area contributed by atoms with Gasteiger partial charge in [-0.3, -0.25) is 0 Å². The summed E-state index contributed by atoms with van der Waals surface area (Å²) in [7, 11) is 3.77. The van der Waals surface area contributed by atoms with E-state index in [9.17, 15) is 4.79 Å². The number of para-hydroxylation sites is 2. The minimum atomic E-state index is -0.316. The third kappa shape index (κ3) is 4.57. The van der Waals surface area contributed by atoms with E-state index in [-0.39, 0.29) is 18.1 Å². The van der Waals surface area contributed by atoms with E-state index in [1.165, 1.54) is 6.42 Å². The Kier molecular flexibility index (Phi) is 6.61. The fraction of sp³-hybridized carbons (Fsp3) is 0.533. The number of esters is 1. The van der Waals surface area contributed by atoms with Crippen molar-refractivity contribution in [3.8, 4) is 17.1 Å². The van der Waals surface area contributed by atoms with Crippen LogP contribution in [0.2, 0.25) is 0 Å². The second-order valence-corrected chi connectivity index (χ2v) is 11.1. The van der Waals surface area contributed by atoms with Crippen LogP contribution in [0.3, 0.4) is 0 Å². The van der Waals surface area contributed by atoms with E-state index in [2.05, 4.69) is 73.4 Å². The topological polar surface area (TPSA) is 44.3 Å². The van der Waals surface area contributed by atoms with E-state index >= 15 is 0 Å². The SMILES string of the molecule is COc1ccc(-c2n([C@@H](C(=O)OC3C[C@H](C)CC[C@H]3C(C)C)C3CC3)c3ccccc3[n+]2C)cc1. The molecule has 0 saturated heterocycles. The highest BCUT2D eigenvalue weighted by molar-refractivity contribution is 5.82. The molecule has 35 heavy (non-hydrogen) atoms. The second kappa shape index (κ2) is 9.67. The predicted octanol–water partition coefficient (Wildman–Crippen LogP) is 6.10. The van der Waals surface area contributed by atoms with Gasteiger partial charge in [0.1, 0.15) is 11.9 Å². The van der Waals surface area contributed by atoms with Gasteiger partial charge in [-0.25, -0.2) is 13.9 Å². The van der Waals surface area contributed by atoms with Crippen LogP contribution >= 0.6 is 0 Å². The van der Waals surface area contributed by atoms with Crippen LogP contribution < -0.4 is 9.30 Å². The number of nitrogens with zero attached hydrogens (tertiary/aromatic N) is 2. The van der Waals surface area contributed by atoms with Crippen LogP contribution in [0.4, 0.5) is 0 Å². The van der Waals surface area contributed by atoms with Crippen molar-refractivity contribution in [1.29, 1.82) is 0 Å². The minimum Gasteiger partial charge on any atom is -0.497 e. The van der Waals surface area contributed by atoms with E-state index in [4.69, 9.17) is 9.47 Å². The van der Waals surface area contributed by atoms with Crippen molar-refractivity contribution >= 4 is 17.0 Å². The van der Waals surface area contributed by atoms with Gasteiger partial charge < -0.3 is 9.47 Å². The van der Waals surface area contributed by atoms with Crippen molar-refractivity contribution in [3.05, 3.63) is 48.5 Å². The van der Waals surface area contributed by atoms with Crippen LogP contribution in [0, 0.1) is 23.7 Å². The molecular formula is C30H39N2O3+. The van der Waals surface area contributed by atoms with Gasteiger partial charge in [-0.05, 0) is 79.8 Å². The number of imidazole rings is 1. The molecule has 5 rings (SSSR count). The maximum atomic E-state index is 14.0. The lowest BCUT2D eigenvalue weighted by Crippen LogP contribution is -2.39. The number of ether oxygens (including phenoxy) is 2. The summed E-state index contributed by atoms with van der Waals surface area (Å²) in [5.74, 6) is 3.65. The number of hydrogen-bond acceptors (Lipinski definition) is 3. The Morgan fingerprint density at radius 2 is 1.74 bits per heavy atom. The second-order valence-electron chi connectivity index (χ2n) is 11.1. The standard InChI is InChI=1S/C30H39N2O3/c1-19(2)24-17-10-20(3)18-27(24)35-30(33)28(21-11-12-21)32-26-9-7-6-8-25(26)31(4)29(32)22-13-15-23(34-5)16-14-22/h6-9,13-16,19-21,24,27-28H,10-12,17-18H2,1-5H3/q+1/t20-,24+,27?,28-/m1/s1.